The quantitative estimate of drug-likeness (QED) is 0.892. The third kappa shape index (κ3) is 4.03. The monoisotopic (exact) mass is 307 g/mol. The minimum absolute atomic E-state index is 0.105. The first kappa shape index (κ1) is 15.5. The highest BCUT2D eigenvalue weighted by molar-refractivity contribution is 6.31. The normalized spacial score (nSPS) is 12.0. The van der Waals surface area contributed by atoms with E-state index in [1.54, 1.807) is 0 Å². The van der Waals surface area contributed by atoms with Crippen LogP contribution in [0.2, 0.25) is 5.02 Å². The molecule has 0 aliphatic heterocycles. The van der Waals surface area contributed by atoms with Gasteiger partial charge in [0.2, 0.25) is 0 Å². The fourth-order valence-electron chi connectivity index (χ4n) is 2.00. The maximum atomic E-state index is 13.8. The van der Waals surface area contributed by atoms with Gasteiger partial charge in [-0.15, -0.1) is 0 Å². The molecule has 0 saturated heterocycles. The second kappa shape index (κ2) is 7.20. The summed E-state index contributed by atoms with van der Waals surface area (Å²) < 4.78 is 13.8. The van der Waals surface area contributed by atoms with E-state index < -0.39 is 17.8 Å². The van der Waals surface area contributed by atoms with Crippen molar-refractivity contribution in [3.8, 4) is 0 Å². The zero-order valence-corrected chi connectivity index (χ0v) is 12.0. The summed E-state index contributed by atoms with van der Waals surface area (Å²) in [5.41, 5.74) is 0.845. The Labute approximate surface area is 127 Å². The summed E-state index contributed by atoms with van der Waals surface area (Å²) in [7, 11) is 0. The molecular weight excluding hydrogens is 293 g/mol. The van der Waals surface area contributed by atoms with Crippen molar-refractivity contribution in [2.75, 3.05) is 6.61 Å². The predicted octanol–water partition coefficient (Wildman–Crippen LogP) is 2.81. The van der Waals surface area contributed by atoms with Gasteiger partial charge in [-0.3, -0.25) is 4.79 Å². The summed E-state index contributed by atoms with van der Waals surface area (Å²) in [4.78, 5) is 12.1. The number of aliphatic hydroxyl groups excluding tert-OH is 1. The molecule has 0 radical (unpaired) electrons. The average molecular weight is 308 g/mol. The molecule has 0 aliphatic rings. The standard InChI is InChI=1S/C16H15ClFNO2/c17-14-8-4-7-13(15(14)18)16(21)19-12(10-20)9-11-5-2-1-3-6-11/h1-8,12,20H,9-10H2,(H,19,21). The van der Waals surface area contributed by atoms with E-state index in [-0.39, 0.29) is 17.2 Å². The molecular formula is C16H15ClFNO2. The van der Waals surface area contributed by atoms with E-state index in [1.807, 2.05) is 30.3 Å². The molecule has 0 aromatic heterocycles. The van der Waals surface area contributed by atoms with Gasteiger partial charge in [-0.05, 0) is 24.1 Å². The topological polar surface area (TPSA) is 49.3 Å². The van der Waals surface area contributed by atoms with Crippen molar-refractivity contribution >= 4 is 17.5 Å². The molecule has 1 amide bonds. The van der Waals surface area contributed by atoms with Crippen LogP contribution in [0.1, 0.15) is 15.9 Å². The van der Waals surface area contributed by atoms with E-state index in [4.69, 9.17) is 11.6 Å². The van der Waals surface area contributed by atoms with Crippen LogP contribution in [0.5, 0.6) is 0 Å². The molecule has 2 aromatic rings. The van der Waals surface area contributed by atoms with Gasteiger partial charge in [-0.25, -0.2) is 4.39 Å². The third-order valence-corrected chi connectivity index (χ3v) is 3.37. The number of carbonyl (C=O) groups excluding carboxylic acids is 1. The zero-order chi connectivity index (χ0) is 15.2. The van der Waals surface area contributed by atoms with Gasteiger partial charge in [0, 0.05) is 0 Å². The van der Waals surface area contributed by atoms with Crippen molar-refractivity contribution in [2.45, 2.75) is 12.5 Å². The molecule has 0 heterocycles. The van der Waals surface area contributed by atoms with Crippen LogP contribution < -0.4 is 5.32 Å². The maximum Gasteiger partial charge on any atom is 0.254 e. The van der Waals surface area contributed by atoms with Gasteiger partial charge in [-0.2, -0.15) is 0 Å². The Morgan fingerprint density at radius 2 is 1.90 bits per heavy atom. The van der Waals surface area contributed by atoms with Gasteiger partial charge in [0.15, 0.2) is 5.82 Å². The molecule has 5 heteroatoms. The highest BCUT2D eigenvalue weighted by atomic mass is 35.5. The minimum atomic E-state index is -0.756. The number of hydrogen-bond acceptors (Lipinski definition) is 2. The molecule has 0 bridgehead atoms. The number of rotatable bonds is 5. The van der Waals surface area contributed by atoms with Gasteiger partial charge in [0.1, 0.15) is 0 Å². The molecule has 1 atom stereocenters. The van der Waals surface area contributed by atoms with Crippen molar-refractivity contribution in [3.63, 3.8) is 0 Å². The van der Waals surface area contributed by atoms with E-state index in [1.165, 1.54) is 18.2 Å². The summed E-state index contributed by atoms with van der Waals surface area (Å²) in [5, 5.41) is 11.9. The minimum Gasteiger partial charge on any atom is -0.394 e. The Bertz CT molecular complexity index is 619. The van der Waals surface area contributed by atoms with Gasteiger partial charge in [0.05, 0.1) is 23.2 Å². The number of nitrogens with one attached hydrogen (secondary N) is 1. The first-order valence-corrected chi connectivity index (χ1v) is 6.89. The Morgan fingerprint density at radius 3 is 2.57 bits per heavy atom. The third-order valence-electron chi connectivity index (χ3n) is 3.08. The van der Waals surface area contributed by atoms with E-state index in [2.05, 4.69) is 5.32 Å². The Hall–Kier alpha value is -1.91. The molecule has 0 saturated carbocycles. The fraction of sp³-hybridized carbons (Fsp3) is 0.188. The number of hydrogen-bond donors (Lipinski definition) is 2. The molecule has 2 rings (SSSR count). The molecule has 2 N–H and O–H groups in total. The van der Waals surface area contributed by atoms with Crippen LogP contribution in [0.3, 0.4) is 0 Å². The Kier molecular flexibility index (Phi) is 5.31. The number of aliphatic hydroxyl groups is 1. The molecule has 1 unspecified atom stereocenters. The number of amides is 1. The van der Waals surface area contributed by atoms with Crippen molar-refractivity contribution in [3.05, 3.63) is 70.5 Å². The lowest BCUT2D eigenvalue weighted by molar-refractivity contribution is 0.0912. The average Bonchev–Trinajstić information content (AvgIpc) is 2.50. The maximum absolute atomic E-state index is 13.8. The fourth-order valence-corrected chi connectivity index (χ4v) is 2.18. The number of halogens is 2. The van der Waals surface area contributed by atoms with Crippen molar-refractivity contribution in [2.24, 2.45) is 0 Å². The number of carbonyl (C=O) groups is 1. The molecule has 3 nitrogen and oxygen atoms in total. The van der Waals surface area contributed by atoms with E-state index >= 15 is 0 Å². The molecule has 0 aliphatic carbocycles. The van der Waals surface area contributed by atoms with Crippen LogP contribution in [0, 0.1) is 5.82 Å². The highest BCUT2D eigenvalue weighted by Crippen LogP contribution is 2.18. The van der Waals surface area contributed by atoms with Crippen LogP contribution in [0.15, 0.2) is 48.5 Å². The highest BCUT2D eigenvalue weighted by Gasteiger charge is 2.18. The van der Waals surface area contributed by atoms with Crippen LogP contribution in [-0.2, 0) is 6.42 Å². The summed E-state index contributed by atoms with van der Waals surface area (Å²) in [6.45, 7) is -0.233. The smallest absolute Gasteiger partial charge is 0.254 e. The van der Waals surface area contributed by atoms with Gasteiger partial charge in [-0.1, -0.05) is 48.0 Å². The Morgan fingerprint density at radius 1 is 1.19 bits per heavy atom. The van der Waals surface area contributed by atoms with E-state index in [0.29, 0.717) is 6.42 Å². The van der Waals surface area contributed by atoms with Crippen molar-refractivity contribution < 1.29 is 14.3 Å². The summed E-state index contributed by atoms with van der Waals surface area (Å²) in [6, 6.07) is 13.2. The number of benzene rings is 2. The molecule has 0 fully saturated rings. The SMILES string of the molecule is O=C(NC(CO)Cc1ccccc1)c1cccc(Cl)c1F. The van der Waals surface area contributed by atoms with Crippen LogP contribution in [0.4, 0.5) is 4.39 Å². The summed E-state index contributed by atoms with van der Waals surface area (Å²) in [6.07, 6.45) is 0.464. The second-order valence-electron chi connectivity index (χ2n) is 4.64. The lowest BCUT2D eigenvalue weighted by atomic mass is 10.1. The molecule has 2 aromatic carbocycles. The first-order chi connectivity index (χ1) is 10.1. The summed E-state index contributed by atoms with van der Waals surface area (Å²) >= 11 is 5.65. The lowest BCUT2D eigenvalue weighted by Crippen LogP contribution is -2.39. The van der Waals surface area contributed by atoms with Crippen molar-refractivity contribution in [1.82, 2.24) is 5.32 Å². The van der Waals surface area contributed by atoms with Gasteiger partial charge < -0.3 is 10.4 Å². The van der Waals surface area contributed by atoms with Gasteiger partial charge >= 0.3 is 0 Å². The van der Waals surface area contributed by atoms with Crippen LogP contribution in [0.25, 0.3) is 0 Å². The zero-order valence-electron chi connectivity index (χ0n) is 11.2. The first-order valence-electron chi connectivity index (χ1n) is 6.51. The largest absolute Gasteiger partial charge is 0.394 e. The molecule has 21 heavy (non-hydrogen) atoms. The van der Waals surface area contributed by atoms with E-state index in [9.17, 15) is 14.3 Å². The Balaban J connectivity index is 2.08. The second-order valence-corrected chi connectivity index (χ2v) is 5.05. The van der Waals surface area contributed by atoms with Crippen LogP contribution >= 0.6 is 11.6 Å². The molecule has 0 spiro atoms. The van der Waals surface area contributed by atoms with Crippen molar-refractivity contribution in [1.29, 1.82) is 0 Å². The van der Waals surface area contributed by atoms with E-state index in [0.717, 1.165) is 5.56 Å². The van der Waals surface area contributed by atoms with Gasteiger partial charge in [0.25, 0.3) is 5.91 Å². The van der Waals surface area contributed by atoms with Crippen LogP contribution in [-0.4, -0.2) is 23.7 Å². The summed E-state index contributed by atoms with van der Waals surface area (Å²) in [5.74, 6) is -1.35. The predicted molar refractivity (Wildman–Crippen MR) is 79.9 cm³/mol. The lowest BCUT2D eigenvalue weighted by Gasteiger charge is -2.17. The molecule has 110 valence electrons.